The number of hydrogen-bond donors (Lipinski definition) is 2. The maximum absolute atomic E-state index is 11.8. The highest BCUT2D eigenvalue weighted by molar-refractivity contribution is 6.31. The lowest BCUT2D eigenvalue weighted by Crippen LogP contribution is -2.20. The van der Waals surface area contributed by atoms with Crippen molar-refractivity contribution in [3.8, 4) is 11.5 Å². The number of methoxy groups -OCH3 is 1. The van der Waals surface area contributed by atoms with Crippen LogP contribution in [0.3, 0.4) is 0 Å². The third kappa shape index (κ3) is 4.23. The Labute approximate surface area is 133 Å². The number of phenols is 1. The van der Waals surface area contributed by atoms with Crippen molar-refractivity contribution in [2.45, 2.75) is 6.42 Å². The smallest absolute Gasteiger partial charge is 0.244 e. The van der Waals surface area contributed by atoms with E-state index >= 15 is 0 Å². The molecule has 0 unspecified atom stereocenters. The Morgan fingerprint density at radius 3 is 2.86 bits per heavy atom. The van der Waals surface area contributed by atoms with Crippen molar-refractivity contribution >= 4 is 23.7 Å². The molecule has 2 rings (SSSR count). The van der Waals surface area contributed by atoms with Crippen molar-refractivity contribution in [2.75, 3.05) is 7.11 Å². The second kappa shape index (κ2) is 7.47. The predicted octanol–water partition coefficient (Wildman–Crippen LogP) is 2.75. The van der Waals surface area contributed by atoms with Gasteiger partial charge in [0.1, 0.15) is 11.5 Å². The normalized spacial score (nSPS) is 10.6. The van der Waals surface area contributed by atoms with Crippen molar-refractivity contribution in [3.05, 3.63) is 58.6 Å². The minimum atomic E-state index is -0.276. The maximum atomic E-state index is 11.8. The Morgan fingerprint density at radius 1 is 1.36 bits per heavy atom. The molecule has 0 aliphatic rings. The summed E-state index contributed by atoms with van der Waals surface area (Å²) in [5.41, 5.74) is 3.80. The Kier molecular flexibility index (Phi) is 5.38. The summed E-state index contributed by atoms with van der Waals surface area (Å²) in [6.45, 7) is 0. The monoisotopic (exact) mass is 318 g/mol. The number of rotatable bonds is 5. The molecule has 0 aliphatic heterocycles. The number of aromatic hydroxyl groups is 1. The van der Waals surface area contributed by atoms with Gasteiger partial charge in [0.2, 0.25) is 5.91 Å². The van der Waals surface area contributed by atoms with E-state index in [0.29, 0.717) is 16.3 Å². The van der Waals surface area contributed by atoms with E-state index in [2.05, 4.69) is 10.5 Å². The average Bonchev–Trinajstić information content (AvgIpc) is 2.51. The molecule has 0 atom stereocenters. The molecular formula is C16H15ClN2O3. The first-order chi connectivity index (χ1) is 10.6. The minimum absolute atomic E-state index is 0.0942. The number of hydrogen-bond acceptors (Lipinski definition) is 4. The van der Waals surface area contributed by atoms with Crippen LogP contribution in [-0.4, -0.2) is 24.3 Å². The number of amides is 1. The summed E-state index contributed by atoms with van der Waals surface area (Å²) >= 11 is 5.99. The quantitative estimate of drug-likeness (QED) is 0.658. The molecule has 2 aromatic rings. The topological polar surface area (TPSA) is 70.9 Å². The lowest BCUT2D eigenvalue weighted by atomic mass is 10.1. The minimum Gasteiger partial charge on any atom is -0.508 e. The van der Waals surface area contributed by atoms with Gasteiger partial charge < -0.3 is 9.84 Å². The fourth-order valence-corrected chi connectivity index (χ4v) is 2.04. The van der Waals surface area contributed by atoms with Gasteiger partial charge in [-0.05, 0) is 23.8 Å². The molecule has 0 radical (unpaired) electrons. The first kappa shape index (κ1) is 15.9. The van der Waals surface area contributed by atoms with Gasteiger partial charge >= 0.3 is 0 Å². The number of benzene rings is 2. The Morgan fingerprint density at radius 2 is 2.14 bits per heavy atom. The SMILES string of the molecule is COc1cc(O)ccc1/C=N/NC(=O)Cc1ccccc1Cl. The van der Waals surface area contributed by atoms with Crippen LogP contribution in [0.2, 0.25) is 5.02 Å². The van der Waals surface area contributed by atoms with Gasteiger partial charge in [0.05, 0.1) is 19.7 Å². The fraction of sp³-hybridized carbons (Fsp3) is 0.125. The fourth-order valence-electron chi connectivity index (χ4n) is 1.83. The molecule has 0 saturated carbocycles. The molecule has 0 heterocycles. The molecule has 0 bridgehead atoms. The van der Waals surface area contributed by atoms with Gasteiger partial charge in [-0.1, -0.05) is 29.8 Å². The molecular weight excluding hydrogens is 304 g/mol. The van der Waals surface area contributed by atoms with E-state index in [4.69, 9.17) is 16.3 Å². The zero-order chi connectivity index (χ0) is 15.9. The lowest BCUT2D eigenvalue weighted by molar-refractivity contribution is -0.120. The Hall–Kier alpha value is -2.53. The molecule has 22 heavy (non-hydrogen) atoms. The van der Waals surface area contributed by atoms with Gasteiger partial charge in [0.25, 0.3) is 0 Å². The second-order valence-electron chi connectivity index (χ2n) is 4.49. The summed E-state index contributed by atoms with van der Waals surface area (Å²) in [5, 5.41) is 13.8. The highest BCUT2D eigenvalue weighted by atomic mass is 35.5. The van der Waals surface area contributed by atoms with E-state index < -0.39 is 0 Å². The van der Waals surface area contributed by atoms with Crippen LogP contribution in [0.5, 0.6) is 11.5 Å². The van der Waals surface area contributed by atoms with Gasteiger partial charge in [-0.3, -0.25) is 4.79 Å². The molecule has 5 nitrogen and oxygen atoms in total. The molecule has 0 aliphatic carbocycles. The van der Waals surface area contributed by atoms with Gasteiger partial charge in [-0.2, -0.15) is 5.10 Å². The summed E-state index contributed by atoms with van der Waals surface area (Å²) in [7, 11) is 1.49. The number of nitrogens with zero attached hydrogens (tertiary/aromatic N) is 1. The highest BCUT2D eigenvalue weighted by Crippen LogP contribution is 2.22. The molecule has 114 valence electrons. The largest absolute Gasteiger partial charge is 0.508 e. The van der Waals surface area contributed by atoms with Crippen LogP contribution < -0.4 is 10.2 Å². The summed E-state index contributed by atoms with van der Waals surface area (Å²) < 4.78 is 5.11. The first-order valence-electron chi connectivity index (χ1n) is 6.52. The summed E-state index contributed by atoms with van der Waals surface area (Å²) in [6, 6.07) is 11.8. The number of phenolic OH excluding ortho intramolecular Hbond substituents is 1. The van der Waals surface area contributed by atoms with Crippen LogP contribution in [0.25, 0.3) is 0 Å². The zero-order valence-corrected chi connectivity index (χ0v) is 12.7. The molecule has 1 amide bonds. The van der Waals surface area contributed by atoms with E-state index in [1.54, 1.807) is 24.3 Å². The summed E-state index contributed by atoms with van der Waals surface area (Å²) in [4.78, 5) is 11.8. The molecule has 6 heteroatoms. The standard InChI is InChI=1S/C16H15ClN2O3/c1-22-15-9-13(20)7-6-12(15)10-18-19-16(21)8-11-4-2-3-5-14(11)17/h2-7,9-10,20H,8H2,1H3,(H,19,21)/b18-10+. The van der Waals surface area contributed by atoms with E-state index in [1.807, 2.05) is 6.07 Å². The molecule has 0 aromatic heterocycles. The molecule has 2 aromatic carbocycles. The van der Waals surface area contributed by atoms with E-state index in [-0.39, 0.29) is 18.1 Å². The average molecular weight is 319 g/mol. The van der Waals surface area contributed by atoms with Gasteiger partial charge in [-0.15, -0.1) is 0 Å². The van der Waals surface area contributed by atoms with Crippen LogP contribution in [0.4, 0.5) is 0 Å². The van der Waals surface area contributed by atoms with Gasteiger partial charge in [0.15, 0.2) is 0 Å². The van der Waals surface area contributed by atoms with E-state index in [1.165, 1.54) is 25.5 Å². The summed E-state index contributed by atoms with van der Waals surface area (Å²) in [5.74, 6) is 0.281. The molecule has 0 spiro atoms. The second-order valence-corrected chi connectivity index (χ2v) is 4.89. The first-order valence-corrected chi connectivity index (χ1v) is 6.90. The number of carbonyl (C=O) groups excluding carboxylic acids is 1. The number of halogens is 1. The van der Waals surface area contributed by atoms with Crippen molar-refractivity contribution < 1.29 is 14.6 Å². The number of ether oxygens (including phenoxy) is 1. The van der Waals surface area contributed by atoms with Crippen LogP contribution in [0.15, 0.2) is 47.6 Å². The Balaban J connectivity index is 1.98. The lowest BCUT2D eigenvalue weighted by Gasteiger charge is -2.05. The zero-order valence-electron chi connectivity index (χ0n) is 11.9. The van der Waals surface area contributed by atoms with Crippen LogP contribution in [-0.2, 0) is 11.2 Å². The number of nitrogens with one attached hydrogen (secondary N) is 1. The molecule has 0 saturated heterocycles. The van der Waals surface area contributed by atoms with Crippen LogP contribution in [0, 0.1) is 0 Å². The predicted molar refractivity (Wildman–Crippen MR) is 85.6 cm³/mol. The van der Waals surface area contributed by atoms with Crippen molar-refractivity contribution in [1.29, 1.82) is 0 Å². The van der Waals surface area contributed by atoms with Gasteiger partial charge in [-0.25, -0.2) is 5.43 Å². The third-order valence-electron chi connectivity index (χ3n) is 2.92. The van der Waals surface area contributed by atoms with Crippen molar-refractivity contribution in [2.24, 2.45) is 5.10 Å². The molecule has 0 fully saturated rings. The molecule has 2 N–H and O–H groups in total. The van der Waals surface area contributed by atoms with Crippen molar-refractivity contribution in [1.82, 2.24) is 5.43 Å². The van der Waals surface area contributed by atoms with Gasteiger partial charge in [0, 0.05) is 16.7 Å². The Bertz CT molecular complexity index is 702. The number of carbonyl (C=O) groups is 1. The van der Waals surface area contributed by atoms with E-state index in [9.17, 15) is 9.90 Å². The van der Waals surface area contributed by atoms with E-state index in [0.717, 1.165) is 5.56 Å². The van der Waals surface area contributed by atoms with Crippen LogP contribution in [0.1, 0.15) is 11.1 Å². The number of hydrazone groups is 1. The maximum Gasteiger partial charge on any atom is 0.244 e. The highest BCUT2D eigenvalue weighted by Gasteiger charge is 2.06. The van der Waals surface area contributed by atoms with Crippen LogP contribution >= 0.6 is 11.6 Å². The van der Waals surface area contributed by atoms with Crippen molar-refractivity contribution in [3.63, 3.8) is 0 Å². The third-order valence-corrected chi connectivity index (χ3v) is 3.29. The summed E-state index contributed by atoms with van der Waals surface area (Å²) in [6.07, 6.45) is 1.59.